The van der Waals surface area contributed by atoms with Gasteiger partial charge < -0.3 is 24.5 Å². The van der Waals surface area contributed by atoms with E-state index >= 15 is 0 Å². The Bertz CT molecular complexity index is 1360. The molecule has 1 aliphatic rings. The monoisotopic (exact) mass is 493 g/mol. The molecule has 36 heavy (non-hydrogen) atoms. The van der Waals surface area contributed by atoms with E-state index in [-0.39, 0.29) is 35.2 Å². The van der Waals surface area contributed by atoms with Crippen LogP contribution >= 0.6 is 0 Å². The maximum Gasteiger partial charge on any atom is 0.373 e. The minimum atomic E-state index is -0.682. The molecule has 2 N–H and O–H groups in total. The van der Waals surface area contributed by atoms with E-state index in [1.807, 2.05) is 0 Å². The van der Waals surface area contributed by atoms with Crippen molar-refractivity contribution in [3.63, 3.8) is 0 Å². The maximum absolute atomic E-state index is 13.7. The lowest BCUT2D eigenvalue weighted by Crippen LogP contribution is -2.30. The number of urea groups is 1. The smallest absolute Gasteiger partial charge is 0.373 e. The number of halogens is 1. The summed E-state index contributed by atoms with van der Waals surface area (Å²) in [5.41, 5.74) is 0.426. The SMILES string of the molecule is COC(=O)c1ccc(CN2C(=O)N/C(=C\c3ccccc3OCC(=O)Nc3ccccc3F)C2=O)o1. The standard InChI is InChI=1S/C25H20FN3O7/c1-34-24(32)21-11-10-16(36-21)13-29-23(31)19(28-25(29)33)12-15-6-2-5-9-20(15)35-14-22(30)27-18-8-4-3-7-17(18)26/h2-12H,13-14H2,1H3,(H,27,30)(H,28,33)/b19-12-. The highest BCUT2D eigenvalue weighted by atomic mass is 19.1. The highest BCUT2D eigenvalue weighted by Gasteiger charge is 2.34. The van der Waals surface area contributed by atoms with Gasteiger partial charge in [0.25, 0.3) is 11.8 Å². The lowest BCUT2D eigenvalue weighted by atomic mass is 10.1. The highest BCUT2D eigenvalue weighted by Crippen LogP contribution is 2.24. The Morgan fingerprint density at radius 3 is 2.61 bits per heavy atom. The van der Waals surface area contributed by atoms with Crippen LogP contribution in [0.15, 0.2) is 70.8 Å². The number of benzene rings is 2. The number of hydrogen-bond acceptors (Lipinski definition) is 7. The van der Waals surface area contributed by atoms with Crippen LogP contribution in [0.5, 0.6) is 5.75 Å². The van der Waals surface area contributed by atoms with Gasteiger partial charge >= 0.3 is 12.0 Å². The van der Waals surface area contributed by atoms with Crippen molar-refractivity contribution in [1.29, 1.82) is 0 Å². The van der Waals surface area contributed by atoms with Crippen LogP contribution in [0.2, 0.25) is 0 Å². The number of ether oxygens (including phenoxy) is 2. The molecule has 184 valence electrons. The Balaban J connectivity index is 1.44. The summed E-state index contributed by atoms with van der Waals surface area (Å²) >= 11 is 0. The van der Waals surface area contributed by atoms with E-state index in [9.17, 15) is 23.6 Å². The summed E-state index contributed by atoms with van der Waals surface area (Å²) in [5, 5.41) is 4.90. The average Bonchev–Trinajstić information content (AvgIpc) is 3.45. The second kappa shape index (κ2) is 10.6. The van der Waals surface area contributed by atoms with E-state index < -0.39 is 36.2 Å². The molecule has 0 saturated carbocycles. The van der Waals surface area contributed by atoms with Gasteiger partial charge in [0.05, 0.1) is 19.3 Å². The first kappa shape index (κ1) is 24.2. The number of nitrogens with one attached hydrogen (secondary N) is 2. The molecule has 1 saturated heterocycles. The van der Waals surface area contributed by atoms with Gasteiger partial charge in [0, 0.05) is 5.56 Å². The van der Waals surface area contributed by atoms with Crippen LogP contribution < -0.4 is 15.4 Å². The van der Waals surface area contributed by atoms with Crippen LogP contribution in [-0.4, -0.2) is 42.4 Å². The highest BCUT2D eigenvalue weighted by molar-refractivity contribution is 6.14. The van der Waals surface area contributed by atoms with Gasteiger partial charge in [-0.25, -0.2) is 14.0 Å². The predicted octanol–water partition coefficient (Wildman–Crippen LogP) is 3.32. The summed E-state index contributed by atoms with van der Waals surface area (Å²) in [6.45, 7) is -0.616. The number of carbonyl (C=O) groups excluding carboxylic acids is 4. The summed E-state index contributed by atoms with van der Waals surface area (Å²) in [6, 6.07) is 14.5. The molecule has 3 aromatic rings. The van der Waals surface area contributed by atoms with Gasteiger partial charge in [-0.3, -0.25) is 14.5 Å². The largest absolute Gasteiger partial charge is 0.483 e. The van der Waals surface area contributed by atoms with E-state index in [1.54, 1.807) is 30.3 Å². The summed E-state index contributed by atoms with van der Waals surface area (Å²) in [7, 11) is 1.20. The number of esters is 1. The molecule has 2 aromatic carbocycles. The molecule has 0 radical (unpaired) electrons. The zero-order chi connectivity index (χ0) is 25.7. The van der Waals surface area contributed by atoms with Gasteiger partial charge in [-0.1, -0.05) is 30.3 Å². The van der Waals surface area contributed by atoms with E-state index in [4.69, 9.17) is 9.15 Å². The molecule has 0 unspecified atom stereocenters. The number of methoxy groups -OCH3 is 1. The second-order valence-electron chi connectivity index (χ2n) is 7.49. The number of carbonyl (C=O) groups is 4. The molecule has 0 bridgehead atoms. The topological polar surface area (TPSA) is 127 Å². The normalized spacial score (nSPS) is 14.1. The van der Waals surface area contributed by atoms with Crippen molar-refractivity contribution >= 4 is 35.6 Å². The summed E-state index contributed by atoms with van der Waals surface area (Å²) < 4.78 is 29.2. The van der Waals surface area contributed by atoms with E-state index in [2.05, 4.69) is 15.4 Å². The van der Waals surface area contributed by atoms with E-state index in [0.717, 1.165) is 4.90 Å². The Labute approximate surface area is 204 Å². The van der Waals surface area contributed by atoms with Crippen molar-refractivity contribution in [2.45, 2.75) is 6.54 Å². The fourth-order valence-corrected chi connectivity index (χ4v) is 3.32. The van der Waals surface area contributed by atoms with Crippen LogP contribution in [0, 0.1) is 5.82 Å². The van der Waals surface area contributed by atoms with Gasteiger partial charge in [-0.2, -0.15) is 0 Å². The third-order valence-corrected chi connectivity index (χ3v) is 5.05. The predicted molar refractivity (Wildman–Crippen MR) is 124 cm³/mol. The van der Waals surface area contributed by atoms with Crippen molar-refractivity contribution in [3.8, 4) is 5.75 Å². The molecule has 4 rings (SSSR count). The van der Waals surface area contributed by atoms with Gasteiger partial charge in [-0.15, -0.1) is 0 Å². The van der Waals surface area contributed by atoms with Gasteiger partial charge in [0.1, 0.15) is 23.0 Å². The molecule has 0 atom stereocenters. The molecule has 1 aromatic heterocycles. The van der Waals surface area contributed by atoms with Crippen molar-refractivity contribution in [1.82, 2.24) is 10.2 Å². The Morgan fingerprint density at radius 1 is 1.08 bits per heavy atom. The number of para-hydroxylation sites is 2. The van der Waals surface area contributed by atoms with Crippen LogP contribution in [0.25, 0.3) is 6.08 Å². The number of nitrogens with zero attached hydrogens (tertiary/aromatic N) is 1. The molecule has 1 aliphatic heterocycles. The Morgan fingerprint density at radius 2 is 1.83 bits per heavy atom. The fourth-order valence-electron chi connectivity index (χ4n) is 3.32. The third-order valence-electron chi connectivity index (χ3n) is 5.05. The Kier molecular flexibility index (Phi) is 7.10. The molecule has 2 heterocycles. The third kappa shape index (κ3) is 5.41. The first-order valence-corrected chi connectivity index (χ1v) is 10.6. The number of rotatable bonds is 8. The molecule has 0 spiro atoms. The lowest BCUT2D eigenvalue weighted by molar-refractivity contribution is -0.123. The minimum absolute atomic E-state index is 0.0217. The van der Waals surface area contributed by atoms with Crippen molar-refractivity contribution in [2.75, 3.05) is 19.0 Å². The van der Waals surface area contributed by atoms with Gasteiger partial charge in [-0.05, 0) is 36.4 Å². The van der Waals surface area contributed by atoms with Crippen LogP contribution in [0.4, 0.5) is 14.9 Å². The first-order valence-electron chi connectivity index (χ1n) is 10.6. The van der Waals surface area contributed by atoms with E-state index in [1.165, 1.54) is 43.5 Å². The second-order valence-corrected chi connectivity index (χ2v) is 7.49. The van der Waals surface area contributed by atoms with Crippen LogP contribution in [0.3, 0.4) is 0 Å². The first-order chi connectivity index (χ1) is 17.4. The number of anilines is 1. The summed E-state index contributed by atoms with van der Waals surface area (Å²) in [5.74, 6) is -2.04. The molecule has 4 amide bonds. The van der Waals surface area contributed by atoms with Gasteiger partial charge in [0.15, 0.2) is 6.61 Å². The maximum atomic E-state index is 13.7. The van der Waals surface area contributed by atoms with Crippen molar-refractivity contribution < 1.29 is 37.5 Å². The van der Waals surface area contributed by atoms with E-state index in [0.29, 0.717) is 5.56 Å². The molecular weight excluding hydrogens is 473 g/mol. The number of amides is 4. The van der Waals surface area contributed by atoms with Gasteiger partial charge in [0.2, 0.25) is 5.76 Å². The molecule has 10 nitrogen and oxygen atoms in total. The van der Waals surface area contributed by atoms with Crippen molar-refractivity contribution in [3.05, 3.63) is 89.3 Å². The lowest BCUT2D eigenvalue weighted by Gasteiger charge is -2.11. The van der Waals surface area contributed by atoms with Crippen molar-refractivity contribution in [2.24, 2.45) is 0 Å². The molecule has 0 aliphatic carbocycles. The fraction of sp³-hybridized carbons (Fsp3) is 0.120. The van der Waals surface area contributed by atoms with Crippen LogP contribution in [0.1, 0.15) is 21.9 Å². The summed E-state index contributed by atoms with van der Waals surface area (Å²) in [4.78, 5) is 49.9. The zero-order valence-corrected chi connectivity index (χ0v) is 18.9. The molecule has 1 fully saturated rings. The summed E-state index contributed by atoms with van der Waals surface area (Å²) in [6.07, 6.45) is 1.41. The quantitative estimate of drug-likeness (QED) is 0.280. The average molecular weight is 493 g/mol. The number of furan rings is 1. The van der Waals surface area contributed by atoms with Crippen LogP contribution in [-0.2, 0) is 20.9 Å². The molecule has 11 heteroatoms. The number of imide groups is 1. The zero-order valence-electron chi connectivity index (χ0n) is 18.9. The minimum Gasteiger partial charge on any atom is -0.483 e. The Hall–Kier alpha value is -4.93. The number of hydrogen-bond donors (Lipinski definition) is 2. The molecular formula is C25H20FN3O7.